The van der Waals surface area contributed by atoms with E-state index in [0.717, 1.165) is 29.7 Å². The van der Waals surface area contributed by atoms with Crippen LogP contribution in [0, 0.1) is 0 Å². The van der Waals surface area contributed by atoms with Gasteiger partial charge in [0, 0.05) is 44.4 Å². The van der Waals surface area contributed by atoms with Crippen LogP contribution in [0.15, 0.2) is 66.7 Å². The molecule has 0 unspecified atom stereocenters. The highest BCUT2D eigenvalue weighted by atomic mass is 16.2. The Hall–Kier alpha value is -3.34. The van der Waals surface area contributed by atoms with E-state index in [0.29, 0.717) is 18.7 Å². The van der Waals surface area contributed by atoms with Crippen molar-refractivity contribution in [1.29, 1.82) is 0 Å². The molecule has 2 amide bonds. The number of hydrogen-bond acceptors (Lipinski definition) is 3. The largest absolute Gasteiger partial charge is 0.368 e. The van der Waals surface area contributed by atoms with Gasteiger partial charge in [-0.25, -0.2) is 0 Å². The van der Waals surface area contributed by atoms with Crippen molar-refractivity contribution < 1.29 is 9.59 Å². The normalized spacial score (nSPS) is 15.1. The molecule has 5 nitrogen and oxygen atoms in total. The number of hydrogen-bond donors (Lipinski definition) is 1. The molecule has 4 rings (SSSR count). The second-order valence-corrected chi connectivity index (χ2v) is 7.81. The maximum Gasteiger partial charge on any atom is 0.251 e. The third-order valence-corrected chi connectivity index (χ3v) is 5.84. The average molecular weight is 402 g/mol. The zero-order chi connectivity index (χ0) is 21.1. The van der Waals surface area contributed by atoms with Gasteiger partial charge in [-0.3, -0.25) is 9.59 Å². The van der Waals surface area contributed by atoms with Gasteiger partial charge in [0.25, 0.3) is 5.91 Å². The van der Waals surface area contributed by atoms with Crippen LogP contribution in [0.5, 0.6) is 0 Å². The van der Waals surface area contributed by atoms with Gasteiger partial charge in [0.1, 0.15) is 0 Å². The van der Waals surface area contributed by atoms with Crippen molar-refractivity contribution in [1.82, 2.24) is 10.2 Å². The van der Waals surface area contributed by atoms with Crippen LogP contribution in [0.2, 0.25) is 0 Å². The van der Waals surface area contributed by atoms with E-state index >= 15 is 0 Å². The third-order valence-electron chi connectivity index (χ3n) is 5.84. The Kier molecular flexibility index (Phi) is 5.70. The Morgan fingerprint density at radius 2 is 1.60 bits per heavy atom. The number of amides is 2. The first-order chi connectivity index (χ1) is 14.5. The zero-order valence-corrected chi connectivity index (χ0v) is 17.5. The molecule has 0 radical (unpaired) electrons. The maximum atomic E-state index is 13.0. The van der Waals surface area contributed by atoms with Crippen molar-refractivity contribution in [3.63, 3.8) is 0 Å². The van der Waals surface area contributed by atoms with Gasteiger partial charge in [0.2, 0.25) is 5.91 Å². The summed E-state index contributed by atoms with van der Waals surface area (Å²) in [5.41, 5.74) is 2.77. The van der Waals surface area contributed by atoms with Crippen molar-refractivity contribution in [3.05, 3.63) is 77.9 Å². The van der Waals surface area contributed by atoms with Gasteiger partial charge >= 0.3 is 0 Å². The van der Waals surface area contributed by atoms with Crippen molar-refractivity contribution in [2.24, 2.45) is 0 Å². The molecule has 3 aromatic rings. The van der Waals surface area contributed by atoms with Crippen LogP contribution >= 0.6 is 0 Å². The molecule has 1 N–H and O–H groups in total. The van der Waals surface area contributed by atoms with E-state index in [9.17, 15) is 9.59 Å². The van der Waals surface area contributed by atoms with Gasteiger partial charge in [0.15, 0.2) is 0 Å². The number of nitrogens with one attached hydrogen (secondary N) is 1. The maximum absolute atomic E-state index is 13.0. The number of anilines is 1. The lowest BCUT2D eigenvalue weighted by molar-refractivity contribution is -0.129. The summed E-state index contributed by atoms with van der Waals surface area (Å²) in [7, 11) is 0. The molecule has 1 aliphatic heterocycles. The molecule has 5 heteroatoms. The van der Waals surface area contributed by atoms with Crippen molar-refractivity contribution in [2.45, 2.75) is 19.9 Å². The third kappa shape index (κ3) is 4.15. The summed E-state index contributed by atoms with van der Waals surface area (Å²) in [4.78, 5) is 28.6. The first-order valence-corrected chi connectivity index (χ1v) is 10.4. The van der Waals surface area contributed by atoms with E-state index in [1.165, 1.54) is 5.39 Å². The SMILES string of the molecule is CC(=O)N1CCN(c2cccc(C(=O)N[C@H](C)c3cccc4ccccc34)c2)CC1. The van der Waals surface area contributed by atoms with Crippen LogP contribution < -0.4 is 10.2 Å². The molecule has 1 heterocycles. The van der Waals surface area contributed by atoms with Gasteiger partial charge in [-0.05, 0) is 41.5 Å². The molecule has 0 bridgehead atoms. The number of piperazine rings is 1. The smallest absolute Gasteiger partial charge is 0.251 e. The second-order valence-electron chi connectivity index (χ2n) is 7.81. The van der Waals surface area contributed by atoms with Gasteiger partial charge in [-0.1, -0.05) is 48.5 Å². The van der Waals surface area contributed by atoms with Crippen molar-refractivity contribution in [3.8, 4) is 0 Å². The molecule has 1 atom stereocenters. The molecule has 1 aliphatic rings. The molecule has 154 valence electrons. The van der Waals surface area contributed by atoms with Crippen LogP contribution in [0.1, 0.15) is 35.8 Å². The van der Waals surface area contributed by atoms with E-state index < -0.39 is 0 Å². The molecule has 1 fully saturated rings. The van der Waals surface area contributed by atoms with Gasteiger partial charge in [0.05, 0.1) is 6.04 Å². The Morgan fingerprint density at radius 3 is 2.37 bits per heavy atom. The molecule has 1 saturated heterocycles. The molecular formula is C25H27N3O2. The Bertz CT molecular complexity index is 1070. The molecule has 0 saturated carbocycles. The van der Waals surface area contributed by atoms with Gasteiger partial charge in [-0.15, -0.1) is 0 Å². The van der Waals surface area contributed by atoms with Crippen molar-refractivity contribution >= 4 is 28.3 Å². The number of rotatable bonds is 4. The minimum Gasteiger partial charge on any atom is -0.368 e. The minimum absolute atomic E-state index is 0.0837. The molecule has 30 heavy (non-hydrogen) atoms. The summed E-state index contributed by atoms with van der Waals surface area (Å²) in [6, 6.07) is 22.0. The fraction of sp³-hybridized carbons (Fsp3) is 0.280. The highest BCUT2D eigenvalue weighted by Crippen LogP contribution is 2.25. The lowest BCUT2D eigenvalue weighted by atomic mass is 9.99. The molecule has 0 spiro atoms. The van der Waals surface area contributed by atoms with Crippen LogP contribution in [0.25, 0.3) is 10.8 Å². The van der Waals surface area contributed by atoms with Crippen LogP contribution in [-0.2, 0) is 4.79 Å². The lowest BCUT2D eigenvalue weighted by Crippen LogP contribution is -2.48. The summed E-state index contributed by atoms with van der Waals surface area (Å²) in [5.74, 6) is 0.0323. The molecule has 0 aromatic heterocycles. The summed E-state index contributed by atoms with van der Waals surface area (Å²) in [6.45, 7) is 6.60. The van der Waals surface area contributed by atoms with Gasteiger partial charge < -0.3 is 15.1 Å². The summed E-state index contributed by atoms with van der Waals surface area (Å²) >= 11 is 0. The minimum atomic E-state index is -0.105. The first kappa shape index (κ1) is 20.0. The standard InChI is InChI=1S/C25H27N3O2/c1-18(23-12-6-8-20-7-3-4-11-24(20)23)26-25(30)21-9-5-10-22(17-21)28-15-13-27(14-16-28)19(2)29/h3-12,17-18H,13-16H2,1-2H3,(H,26,30)/t18-/m1/s1. The van der Waals surface area contributed by atoms with E-state index in [2.05, 4.69) is 34.5 Å². The summed E-state index contributed by atoms with van der Waals surface area (Å²) in [6.07, 6.45) is 0. The number of fused-ring (bicyclic) bond motifs is 1. The fourth-order valence-electron chi connectivity index (χ4n) is 4.11. The predicted octanol–water partition coefficient (Wildman–Crippen LogP) is 4.00. The Morgan fingerprint density at radius 1 is 0.900 bits per heavy atom. The summed E-state index contributed by atoms with van der Waals surface area (Å²) < 4.78 is 0. The van der Waals surface area contributed by atoms with Crippen LogP contribution in [-0.4, -0.2) is 42.9 Å². The zero-order valence-electron chi connectivity index (χ0n) is 17.5. The van der Waals surface area contributed by atoms with Crippen molar-refractivity contribution in [2.75, 3.05) is 31.1 Å². The van der Waals surface area contributed by atoms with E-state index in [-0.39, 0.29) is 17.9 Å². The fourth-order valence-corrected chi connectivity index (χ4v) is 4.11. The topological polar surface area (TPSA) is 52.7 Å². The Labute approximate surface area is 177 Å². The number of carbonyl (C=O) groups is 2. The number of nitrogens with zero attached hydrogens (tertiary/aromatic N) is 2. The quantitative estimate of drug-likeness (QED) is 0.719. The number of carbonyl (C=O) groups excluding carboxylic acids is 2. The molecule has 0 aliphatic carbocycles. The summed E-state index contributed by atoms with van der Waals surface area (Å²) in [5, 5.41) is 5.47. The van der Waals surface area contributed by atoms with Crippen LogP contribution in [0.3, 0.4) is 0 Å². The van der Waals surface area contributed by atoms with Gasteiger partial charge in [-0.2, -0.15) is 0 Å². The monoisotopic (exact) mass is 401 g/mol. The average Bonchev–Trinajstić information content (AvgIpc) is 2.78. The van der Waals surface area contributed by atoms with E-state index in [1.807, 2.05) is 54.3 Å². The molecular weight excluding hydrogens is 374 g/mol. The van der Waals surface area contributed by atoms with Crippen LogP contribution in [0.4, 0.5) is 5.69 Å². The second kappa shape index (κ2) is 8.57. The Balaban J connectivity index is 1.47. The lowest BCUT2D eigenvalue weighted by Gasteiger charge is -2.35. The first-order valence-electron chi connectivity index (χ1n) is 10.4. The molecule has 3 aromatic carbocycles. The van der Waals surface area contributed by atoms with E-state index in [4.69, 9.17) is 0 Å². The number of benzene rings is 3. The van der Waals surface area contributed by atoms with E-state index in [1.54, 1.807) is 6.92 Å². The predicted molar refractivity (Wildman–Crippen MR) is 121 cm³/mol. The highest BCUT2D eigenvalue weighted by molar-refractivity contribution is 5.96. The highest BCUT2D eigenvalue weighted by Gasteiger charge is 2.20.